The number of hydrogen-bond donors (Lipinski definition) is 1. The van der Waals surface area contributed by atoms with E-state index in [2.05, 4.69) is 5.32 Å². The molecule has 1 aliphatic rings. The van der Waals surface area contributed by atoms with E-state index in [-0.39, 0.29) is 17.2 Å². The van der Waals surface area contributed by atoms with Crippen LogP contribution in [-0.2, 0) is 0 Å². The summed E-state index contributed by atoms with van der Waals surface area (Å²) < 4.78 is 13.4. The van der Waals surface area contributed by atoms with E-state index in [9.17, 15) is 9.18 Å². The summed E-state index contributed by atoms with van der Waals surface area (Å²) >= 11 is 7.55. The van der Waals surface area contributed by atoms with Crippen LogP contribution in [0.25, 0.3) is 0 Å². The number of carbonyl (C=O) groups is 1. The summed E-state index contributed by atoms with van der Waals surface area (Å²) in [6, 6.07) is 13.2. The summed E-state index contributed by atoms with van der Waals surface area (Å²) in [6.45, 7) is 0.623. The third-order valence-corrected chi connectivity index (χ3v) is 4.86. The van der Waals surface area contributed by atoms with Crippen molar-refractivity contribution < 1.29 is 9.18 Å². The molecule has 2 aromatic carbocycles. The molecule has 3 rings (SSSR count). The number of halogens is 2. The van der Waals surface area contributed by atoms with Crippen LogP contribution >= 0.6 is 23.4 Å². The second kappa shape index (κ2) is 6.58. The van der Waals surface area contributed by atoms with Crippen LogP contribution in [0.3, 0.4) is 0 Å². The van der Waals surface area contributed by atoms with Gasteiger partial charge in [-0.1, -0.05) is 29.8 Å². The highest BCUT2D eigenvalue weighted by atomic mass is 35.5. The third-order valence-electron chi connectivity index (χ3n) is 3.36. The molecule has 3 nitrogen and oxygen atoms in total. The number of benzene rings is 2. The van der Waals surface area contributed by atoms with Gasteiger partial charge in [-0.3, -0.25) is 0 Å². The summed E-state index contributed by atoms with van der Waals surface area (Å²) in [7, 11) is 0. The molecule has 2 amide bonds. The predicted molar refractivity (Wildman–Crippen MR) is 88.8 cm³/mol. The molecule has 22 heavy (non-hydrogen) atoms. The number of nitrogens with one attached hydrogen (secondary N) is 1. The van der Waals surface area contributed by atoms with Crippen LogP contribution in [0.5, 0.6) is 0 Å². The number of thioether (sulfide) groups is 1. The van der Waals surface area contributed by atoms with E-state index in [1.54, 1.807) is 47.0 Å². The van der Waals surface area contributed by atoms with Gasteiger partial charge in [-0.05, 0) is 35.9 Å². The highest BCUT2D eigenvalue weighted by Crippen LogP contribution is 2.38. The molecule has 2 aromatic rings. The van der Waals surface area contributed by atoms with Crippen LogP contribution in [0.1, 0.15) is 10.9 Å². The van der Waals surface area contributed by atoms with Gasteiger partial charge >= 0.3 is 6.03 Å². The normalized spacial score (nSPS) is 17.5. The van der Waals surface area contributed by atoms with E-state index in [1.165, 1.54) is 12.1 Å². The lowest BCUT2D eigenvalue weighted by atomic mass is 10.2. The molecule has 0 saturated carbocycles. The zero-order valence-corrected chi connectivity index (χ0v) is 13.2. The van der Waals surface area contributed by atoms with Crippen molar-refractivity contribution in [2.75, 3.05) is 17.6 Å². The minimum atomic E-state index is -0.291. The standard InChI is InChI=1S/C16H14ClFN2OS/c17-12-4-2-6-14(10-12)19-16(21)20-7-8-22-15(20)11-3-1-5-13(18)9-11/h1-6,9-10,15H,7-8H2,(H,19,21)/t15-/m1/s1. The molecule has 0 aromatic heterocycles. The van der Waals surface area contributed by atoms with E-state index in [1.807, 2.05) is 6.07 Å². The van der Waals surface area contributed by atoms with E-state index in [4.69, 9.17) is 11.6 Å². The Labute approximate surface area is 137 Å². The van der Waals surface area contributed by atoms with Crippen LogP contribution in [0.15, 0.2) is 48.5 Å². The summed E-state index contributed by atoms with van der Waals surface area (Å²) in [5.41, 5.74) is 1.44. The Bertz CT molecular complexity index is 697. The Morgan fingerprint density at radius 2 is 2.09 bits per heavy atom. The highest BCUT2D eigenvalue weighted by Gasteiger charge is 2.30. The average Bonchev–Trinajstić information content (AvgIpc) is 2.97. The fourth-order valence-corrected chi connectivity index (χ4v) is 3.81. The number of rotatable bonds is 2. The molecule has 0 unspecified atom stereocenters. The molecule has 114 valence electrons. The average molecular weight is 337 g/mol. The lowest BCUT2D eigenvalue weighted by Crippen LogP contribution is -2.34. The molecule has 1 fully saturated rings. The van der Waals surface area contributed by atoms with Crippen molar-refractivity contribution in [3.8, 4) is 0 Å². The molecule has 1 N–H and O–H groups in total. The Morgan fingerprint density at radius 3 is 2.86 bits per heavy atom. The van der Waals surface area contributed by atoms with Crippen LogP contribution in [0.4, 0.5) is 14.9 Å². The van der Waals surface area contributed by atoms with Gasteiger partial charge in [0.1, 0.15) is 11.2 Å². The minimum absolute atomic E-state index is 0.171. The Kier molecular flexibility index (Phi) is 4.55. The SMILES string of the molecule is O=C(Nc1cccc(Cl)c1)N1CCS[C@@H]1c1cccc(F)c1. The van der Waals surface area contributed by atoms with E-state index in [0.29, 0.717) is 17.3 Å². The molecule has 1 atom stereocenters. The van der Waals surface area contributed by atoms with Gasteiger partial charge in [-0.15, -0.1) is 11.8 Å². The molecule has 0 radical (unpaired) electrons. The first-order valence-electron chi connectivity index (χ1n) is 6.84. The zero-order chi connectivity index (χ0) is 15.5. The van der Waals surface area contributed by atoms with Gasteiger partial charge in [-0.2, -0.15) is 0 Å². The van der Waals surface area contributed by atoms with Gasteiger partial charge in [0.2, 0.25) is 0 Å². The first-order chi connectivity index (χ1) is 10.6. The van der Waals surface area contributed by atoms with Crippen molar-refractivity contribution in [1.82, 2.24) is 4.90 Å². The fourth-order valence-electron chi connectivity index (χ4n) is 2.38. The van der Waals surface area contributed by atoms with Crippen LogP contribution in [-0.4, -0.2) is 23.2 Å². The van der Waals surface area contributed by atoms with E-state index < -0.39 is 0 Å². The van der Waals surface area contributed by atoms with Gasteiger partial charge in [0, 0.05) is 23.0 Å². The van der Waals surface area contributed by atoms with Crippen molar-refractivity contribution in [3.63, 3.8) is 0 Å². The largest absolute Gasteiger partial charge is 0.323 e. The fraction of sp³-hybridized carbons (Fsp3) is 0.188. The number of carbonyl (C=O) groups excluding carboxylic acids is 1. The molecule has 1 aliphatic heterocycles. The minimum Gasteiger partial charge on any atom is -0.308 e. The Hall–Kier alpha value is -1.72. The third kappa shape index (κ3) is 3.36. The number of urea groups is 1. The first-order valence-corrected chi connectivity index (χ1v) is 8.26. The maximum atomic E-state index is 13.4. The Balaban J connectivity index is 1.76. The molecule has 0 bridgehead atoms. The number of nitrogens with zero attached hydrogens (tertiary/aromatic N) is 1. The molecule has 6 heteroatoms. The van der Waals surface area contributed by atoms with Crippen molar-refractivity contribution in [3.05, 3.63) is 64.9 Å². The van der Waals surface area contributed by atoms with Gasteiger partial charge in [0.05, 0.1) is 0 Å². The molecule has 1 saturated heterocycles. The summed E-state index contributed by atoms with van der Waals surface area (Å²) in [4.78, 5) is 14.2. The number of anilines is 1. The lowest BCUT2D eigenvalue weighted by Gasteiger charge is -2.24. The van der Waals surface area contributed by atoms with Gasteiger partial charge in [0.15, 0.2) is 0 Å². The topological polar surface area (TPSA) is 32.3 Å². The van der Waals surface area contributed by atoms with Crippen molar-refractivity contribution in [1.29, 1.82) is 0 Å². The van der Waals surface area contributed by atoms with Gasteiger partial charge in [0.25, 0.3) is 0 Å². The number of amides is 2. The van der Waals surface area contributed by atoms with E-state index >= 15 is 0 Å². The first kappa shape index (κ1) is 15.2. The van der Waals surface area contributed by atoms with Crippen LogP contribution in [0, 0.1) is 5.82 Å². The smallest absolute Gasteiger partial charge is 0.308 e. The van der Waals surface area contributed by atoms with Crippen molar-refractivity contribution in [2.24, 2.45) is 0 Å². The summed E-state index contributed by atoms with van der Waals surface area (Å²) in [5.74, 6) is 0.532. The van der Waals surface area contributed by atoms with Crippen molar-refractivity contribution >= 4 is 35.1 Å². The lowest BCUT2D eigenvalue weighted by molar-refractivity contribution is 0.214. The zero-order valence-electron chi connectivity index (χ0n) is 11.6. The van der Waals surface area contributed by atoms with Gasteiger partial charge in [-0.25, -0.2) is 9.18 Å². The molecular formula is C16H14ClFN2OS. The second-order valence-corrected chi connectivity index (χ2v) is 6.54. The van der Waals surface area contributed by atoms with Crippen LogP contribution in [0.2, 0.25) is 5.02 Å². The Morgan fingerprint density at radius 1 is 1.27 bits per heavy atom. The second-order valence-electron chi connectivity index (χ2n) is 4.91. The maximum Gasteiger partial charge on any atom is 0.323 e. The quantitative estimate of drug-likeness (QED) is 0.857. The van der Waals surface area contributed by atoms with E-state index in [0.717, 1.165) is 11.3 Å². The molecule has 1 heterocycles. The maximum absolute atomic E-state index is 13.4. The number of hydrogen-bond acceptors (Lipinski definition) is 2. The molecular weight excluding hydrogens is 323 g/mol. The highest BCUT2D eigenvalue weighted by molar-refractivity contribution is 7.99. The molecule has 0 spiro atoms. The molecule has 0 aliphatic carbocycles. The monoisotopic (exact) mass is 336 g/mol. The van der Waals surface area contributed by atoms with Gasteiger partial charge < -0.3 is 10.2 Å². The summed E-state index contributed by atoms with van der Waals surface area (Å²) in [5, 5.41) is 3.23. The predicted octanol–water partition coefficient (Wildman–Crippen LogP) is 4.76. The van der Waals surface area contributed by atoms with Crippen molar-refractivity contribution in [2.45, 2.75) is 5.37 Å². The van der Waals surface area contributed by atoms with Crippen LogP contribution < -0.4 is 5.32 Å². The summed E-state index contributed by atoms with van der Waals surface area (Å²) in [6.07, 6.45) is 0.